The quantitative estimate of drug-likeness (QED) is 0.816. The summed E-state index contributed by atoms with van der Waals surface area (Å²) in [6.07, 6.45) is -5.21. The molecule has 17 heavy (non-hydrogen) atoms. The molecule has 0 amide bonds. The maximum absolute atomic E-state index is 11.6. The fourth-order valence-corrected chi connectivity index (χ4v) is 1.16. The molecule has 1 aromatic carbocycles. The van der Waals surface area contributed by atoms with E-state index in [1.54, 1.807) is 31.2 Å². The van der Waals surface area contributed by atoms with Gasteiger partial charge in [0.15, 0.2) is 0 Å². The van der Waals surface area contributed by atoms with E-state index in [1.807, 2.05) is 0 Å². The van der Waals surface area contributed by atoms with E-state index in [0.29, 0.717) is 11.3 Å². The van der Waals surface area contributed by atoms with Gasteiger partial charge in [0.05, 0.1) is 12.7 Å². The van der Waals surface area contributed by atoms with Crippen molar-refractivity contribution in [3.05, 3.63) is 29.8 Å². The predicted octanol–water partition coefficient (Wildman–Crippen LogP) is 2.66. The Balaban J connectivity index is 2.33. The van der Waals surface area contributed by atoms with E-state index in [1.165, 1.54) is 0 Å². The van der Waals surface area contributed by atoms with E-state index in [9.17, 15) is 18.3 Å². The van der Waals surface area contributed by atoms with Gasteiger partial charge in [0, 0.05) is 0 Å². The average Bonchev–Trinajstić information content (AvgIpc) is 2.24. The van der Waals surface area contributed by atoms with Gasteiger partial charge < -0.3 is 9.84 Å². The lowest BCUT2D eigenvalue weighted by Gasteiger charge is -2.10. The molecule has 0 heterocycles. The Morgan fingerprint density at radius 3 is 2.24 bits per heavy atom. The molecule has 0 radical (unpaired) electrons. The molecule has 6 heteroatoms. The third-order valence-corrected chi connectivity index (χ3v) is 1.98. The van der Waals surface area contributed by atoms with Gasteiger partial charge in [-0.1, -0.05) is 12.1 Å². The first-order chi connectivity index (χ1) is 7.88. The van der Waals surface area contributed by atoms with E-state index in [-0.39, 0.29) is 6.61 Å². The molecule has 1 atom stereocenters. The highest BCUT2D eigenvalue weighted by Gasteiger charge is 2.28. The van der Waals surface area contributed by atoms with E-state index in [4.69, 9.17) is 4.74 Å². The predicted molar refractivity (Wildman–Crippen MR) is 54.6 cm³/mol. The van der Waals surface area contributed by atoms with E-state index < -0.39 is 19.1 Å². The largest absolute Gasteiger partial charge is 0.522 e. The van der Waals surface area contributed by atoms with Crippen LogP contribution in [0.25, 0.3) is 0 Å². The number of ether oxygens (including phenoxy) is 2. The summed E-state index contributed by atoms with van der Waals surface area (Å²) in [5.41, 5.74) is 0.712. The second kappa shape index (κ2) is 5.88. The summed E-state index contributed by atoms with van der Waals surface area (Å²) in [7, 11) is 0. The van der Waals surface area contributed by atoms with Gasteiger partial charge in [-0.25, -0.2) is 0 Å². The maximum Gasteiger partial charge on any atom is 0.522 e. The van der Waals surface area contributed by atoms with Crippen molar-refractivity contribution in [3.63, 3.8) is 0 Å². The zero-order chi connectivity index (χ0) is 12.9. The number of hydrogen-bond acceptors (Lipinski definition) is 3. The molecule has 0 bridgehead atoms. The van der Waals surface area contributed by atoms with Crippen molar-refractivity contribution in [1.82, 2.24) is 0 Å². The monoisotopic (exact) mass is 250 g/mol. The van der Waals surface area contributed by atoms with Gasteiger partial charge in [-0.3, -0.25) is 4.74 Å². The van der Waals surface area contributed by atoms with Gasteiger partial charge in [-0.05, 0) is 24.6 Å². The Bertz CT molecular complexity index is 333. The topological polar surface area (TPSA) is 38.7 Å². The summed E-state index contributed by atoms with van der Waals surface area (Å²) < 4.78 is 43.4. The Hall–Kier alpha value is -1.27. The highest BCUT2D eigenvalue weighted by molar-refractivity contribution is 5.28. The number of rotatable bonds is 5. The first kappa shape index (κ1) is 13.8. The van der Waals surface area contributed by atoms with E-state index in [2.05, 4.69) is 4.74 Å². The summed E-state index contributed by atoms with van der Waals surface area (Å²) >= 11 is 0. The van der Waals surface area contributed by atoms with Gasteiger partial charge in [-0.2, -0.15) is 0 Å². The summed E-state index contributed by atoms with van der Waals surface area (Å²) in [6, 6.07) is 6.44. The van der Waals surface area contributed by atoms with Crippen LogP contribution in [0.2, 0.25) is 0 Å². The Morgan fingerprint density at radius 1 is 1.18 bits per heavy atom. The summed E-state index contributed by atoms with van der Waals surface area (Å²) in [5.74, 6) is 0.431. The Morgan fingerprint density at radius 2 is 1.76 bits per heavy atom. The molecule has 0 saturated carbocycles. The van der Waals surface area contributed by atoms with Crippen molar-refractivity contribution in [3.8, 4) is 5.75 Å². The fourth-order valence-electron chi connectivity index (χ4n) is 1.16. The fraction of sp³-hybridized carbons (Fsp3) is 0.455. The van der Waals surface area contributed by atoms with Crippen molar-refractivity contribution >= 4 is 0 Å². The number of alkyl halides is 3. The maximum atomic E-state index is 11.6. The zero-order valence-corrected chi connectivity index (χ0v) is 9.20. The Kier molecular flexibility index (Phi) is 4.77. The van der Waals surface area contributed by atoms with Crippen LogP contribution in [0.1, 0.15) is 18.6 Å². The molecule has 96 valence electrons. The molecular formula is C11H13F3O3. The smallest absolute Gasteiger partial charge is 0.491 e. The molecule has 3 nitrogen and oxygen atoms in total. The second-order valence-corrected chi connectivity index (χ2v) is 3.39. The number of halogens is 3. The average molecular weight is 250 g/mol. The first-order valence-corrected chi connectivity index (χ1v) is 5.00. The number of aliphatic hydroxyl groups is 1. The van der Waals surface area contributed by atoms with Crippen molar-refractivity contribution in [2.75, 3.05) is 13.2 Å². The van der Waals surface area contributed by atoms with Gasteiger partial charge in [-0.15, -0.1) is 13.2 Å². The van der Waals surface area contributed by atoms with Gasteiger partial charge in [0.25, 0.3) is 0 Å². The molecule has 0 aliphatic heterocycles. The first-order valence-electron chi connectivity index (χ1n) is 5.00. The minimum absolute atomic E-state index is 0.187. The van der Waals surface area contributed by atoms with Crippen molar-refractivity contribution < 1.29 is 27.8 Å². The molecular weight excluding hydrogens is 237 g/mol. The van der Waals surface area contributed by atoms with Crippen LogP contribution in [0.3, 0.4) is 0 Å². The lowest BCUT2D eigenvalue weighted by Crippen LogP contribution is -2.18. The molecule has 1 rings (SSSR count). The molecule has 0 saturated heterocycles. The molecule has 1 N–H and O–H groups in total. The molecule has 1 aromatic rings. The Labute approximate surface area is 96.8 Å². The molecule has 0 aromatic heterocycles. The summed E-state index contributed by atoms with van der Waals surface area (Å²) in [5, 5.41) is 9.23. The molecule has 0 aliphatic carbocycles. The highest BCUT2D eigenvalue weighted by atomic mass is 19.4. The third kappa shape index (κ3) is 5.55. The summed E-state index contributed by atoms with van der Waals surface area (Å²) in [6.45, 7) is 0.877. The van der Waals surface area contributed by atoms with Crippen LogP contribution in [-0.4, -0.2) is 24.7 Å². The molecule has 0 aliphatic rings. The van der Waals surface area contributed by atoms with E-state index in [0.717, 1.165) is 0 Å². The van der Waals surface area contributed by atoms with Crippen molar-refractivity contribution in [2.24, 2.45) is 0 Å². The van der Waals surface area contributed by atoms with Crippen LogP contribution in [-0.2, 0) is 4.74 Å². The van der Waals surface area contributed by atoms with E-state index >= 15 is 0 Å². The minimum Gasteiger partial charge on any atom is -0.491 e. The SMILES string of the molecule is C[C@@H](O)c1ccc(OCCOC(F)(F)F)cc1. The van der Waals surface area contributed by atoms with Crippen LogP contribution < -0.4 is 4.74 Å². The van der Waals surface area contributed by atoms with Crippen LogP contribution >= 0.6 is 0 Å². The summed E-state index contributed by atoms with van der Waals surface area (Å²) in [4.78, 5) is 0. The number of hydrogen-bond donors (Lipinski definition) is 1. The standard InChI is InChI=1S/C11H13F3O3/c1-8(15)9-2-4-10(5-3-9)16-6-7-17-11(12,13)14/h2-5,8,15H,6-7H2,1H3/t8-/m1/s1. The molecule has 0 unspecified atom stereocenters. The number of benzene rings is 1. The van der Waals surface area contributed by atoms with Gasteiger partial charge in [0.2, 0.25) is 0 Å². The zero-order valence-electron chi connectivity index (χ0n) is 9.20. The van der Waals surface area contributed by atoms with Crippen molar-refractivity contribution in [1.29, 1.82) is 0 Å². The van der Waals surface area contributed by atoms with Crippen LogP contribution in [0.15, 0.2) is 24.3 Å². The third-order valence-electron chi connectivity index (χ3n) is 1.98. The van der Waals surface area contributed by atoms with Gasteiger partial charge >= 0.3 is 6.36 Å². The lowest BCUT2D eigenvalue weighted by atomic mass is 10.1. The molecule has 0 spiro atoms. The molecule has 0 fully saturated rings. The van der Waals surface area contributed by atoms with Crippen LogP contribution in [0, 0.1) is 0 Å². The number of aliphatic hydroxyl groups excluding tert-OH is 1. The van der Waals surface area contributed by atoms with Gasteiger partial charge in [0.1, 0.15) is 12.4 Å². The normalized spacial score (nSPS) is 13.5. The van der Waals surface area contributed by atoms with Crippen LogP contribution in [0.4, 0.5) is 13.2 Å². The lowest BCUT2D eigenvalue weighted by molar-refractivity contribution is -0.325. The second-order valence-electron chi connectivity index (χ2n) is 3.39. The van der Waals surface area contributed by atoms with Crippen molar-refractivity contribution in [2.45, 2.75) is 19.4 Å². The van der Waals surface area contributed by atoms with Crippen LogP contribution in [0.5, 0.6) is 5.75 Å². The minimum atomic E-state index is -4.63. The highest BCUT2D eigenvalue weighted by Crippen LogP contribution is 2.18.